The molecule has 0 radical (unpaired) electrons. The lowest BCUT2D eigenvalue weighted by atomic mass is 10.4. The smallest absolute Gasteiger partial charge is 0.245 e. The van der Waals surface area contributed by atoms with Crippen LogP contribution in [-0.4, -0.2) is 68.4 Å². The average molecular weight is 301 g/mol. The highest BCUT2D eigenvalue weighted by Gasteiger charge is 2.21. The number of sulfonamides is 1. The largest absolute Gasteiger partial charge is 0.355 e. The van der Waals surface area contributed by atoms with Gasteiger partial charge in [-0.2, -0.15) is 0 Å². The quantitative estimate of drug-likeness (QED) is 0.752. The zero-order valence-electron chi connectivity index (χ0n) is 12.5. The zero-order chi connectivity index (χ0) is 15.2. The minimum absolute atomic E-state index is 0.117. The highest BCUT2D eigenvalue weighted by Crippen LogP contribution is 2.13. The van der Waals surface area contributed by atoms with Crippen molar-refractivity contribution in [1.82, 2.24) is 19.2 Å². The lowest BCUT2D eigenvalue weighted by molar-refractivity contribution is 0.370. The van der Waals surface area contributed by atoms with Gasteiger partial charge in [0, 0.05) is 20.1 Å². The summed E-state index contributed by atoms with van der Waals surface area (Å²) in [7, 11) is 1.99. The van der Waals surface area contributed by atoms with Gasteiger partial charge in [0.15, 0.2) is 0 Å². The van der Waals surface area contributed by atoms with Crippen molar-refractivity contribution in [3.05, 3.63) is 12.4 Å². The van der Waals surface area contributed by atoms with Gasteiger partial charge in [-0.1, -0.05) is 0 Å². The fraction of sp³-hybridized carbons (Fsp3) is 0.667. The van der Waals surface area contributed by atoms with Crippen LogP contribution >= 0.6 is 0 Å². The van der Waals surface area contributed by atoms with Gasteiger partial charge in [-0.05, 0) is 34.0 Å². The van der Waals surface area contributed by atoms with Crippen molar-refractivity contribution in [2.75, 3.05) is 46.1 Å². The fourth-order valence-electron chi connectivity index (χ4n) is 1.61. The summed E-state index contributed by atoms with van der Waals surface area (Å²) in [6.45, 7) is 3.92. The predicted molar refractivity (Wildman–Crippen MR) is 79.2 cm³/mol. The third-order valence-electron chi connectivity index (χ3n) is 2.75. The maximum Gasteiger partial charge on any atom is 0.245 e. The van der Waals surface area contributed by atoms with Crippen molar-refractivity contribution in [3.63, 3.8) is 0 Å². The summed E-state index contributed by atoms with van der Waals surface area (Å²) in [5.41, 5.74) is 0. The molecule has 0 amide bonds. The van der Waals surface area contributed by atoms with Crippen LogP contribution in [0.4, 0.5) is 5.95 Å². The van der Waals surface area contributed by atoms with Crippen LogP contribution in [0.2, 0.25) is 0 Å². The Hall–Kier alpha value is -1.25. The molecule has 7 nitrogen and oxygen atoms in total. The molecule has 0 aliphatic carbocycles. The first-order valence-electron chi connectivity index (χ1n) is 6.55. The molecule has 0 spiro atoms. The van der Waals surface area contributed by atoms with Crippen LogP contribution in [0, 0.1) is 0 Å². The molecule has 1 heterocycles. The van der Waals surface area contributed by atoms with Crippen LogP contribution < -0.4 is 5.32 Å². The summed E-state index contributed by atoms with van der Waals surface area (Å²) >= 11 is 0. The number of aromatic nitrogens is 2. The van der Waals surface area contributed by atoms with Gasteiger partial charge in [-0.3, -0.25) is 0 Å². The summed E-state index contributed by atoms with van der Waals surface area (Å²) in [4.78, 5) is 10.1. The molecule has 0 bridgehead atoms. The molecule has 0 aromatic carbocycles. The van der Waals surface area contributed by atoms with Crippen LogP contribution in [0.25, 0.3) is 0 Å². The highest BCUT2D eigenvalue weighted by molar-refractivity contribution is 7.89. The van der Waals surface area contributed by atoms with E-state index in [9.17, 15) is 8.42 Å². The molecule has 1 rings (SSSR count). The van der Waals surface area contributed by atoms with Crippen molar-refractivity contribution < 1.29 is 8.42 Å². The van der Waals surface area contributed by atoms with E-state index in [1.807, 2.05) is 25.9 Å². The molecule has 0 saturated carbocycles. The topological polar surface area (TPSA) is 78.4 Å². The lowest BCUT2D eigenvalue weighted by Gasteiger charge is -2.18. The van der Waals surface area contributed by atoms with E-state index in [0.29, 0.717) is 19.0 Å². The Morgan fingerprint density at radius 3 is 2.25 bits per heavy atom. The summed E-state index contributed by atoms with van der Waals surface area (Å²) in [5.74, 6) is 0.432. The van der Waals surface area contributed by atoms with Crippen molar-refractivity contribution in [2.45, 2.75) is 18.2 Å². The number of nitrogens with zero attached hydrogens (tertiary/aromatic N) is 4. The third kappa shape index (κ3) is 4.69. The molecule has 0 unspecified atom stereocenters. The Labute approximate surface area is 121 Å². The molecule has 8 heteroatoms. The first-order valence-corrected chi connectivity index (χ1v) is 7.99. The van der Waals surface area contributed by atoms with E-state index in [2.05, 4.69) is 15.3 Å². The first kappa shape index (κ1) is 16.8. The maximum absolute atomic E-state index is 12.3. The highest BCUT2D eigenvalue weighted by atomic mass is 32.2. The van der Waals surface area contributed by atoms with E-state index in [1.165, 1.54) is 16.7 Å². The first-order chi connectivity index (χ1) is 9.37. The number of hydrogen-bond donors (Lipinski definition) is 1. The summed E-state index contributed by atoms with van der Waals surface area (Å²) < 4.78 is 25.9. The summed E-state index contributed by atoms with van der Waals surface area (Å²) in [5, 5.41) is 2.93. The Kier molecular flexibility index (Phi) is 6.31. The Morgan fingerprint density at radius 1 is 1.15 bits per heavy atom. The van der Waals surface area contributed by atoms with E-state index < -0.39 is 10.0 Å². The Morgan fingerprint density at radius 2 is 1.75 bits per heavy atom. The Bertz CT molecular complexity index is 501. The second kappa shape index (κ2) is 7.51. The maximum atomic E-state index is 12.3. The van der Waals surface area contributed by atoms with Gasteiger partial charge in [-0.25, -0.2) is 22.7 Å². The van der Waals surface area contributed by atoms with Gasteiger partial charge in [0.25, 0.3) is 0 Å². The van der Waals surface area contributed by atoms with E-state index in [4.69, 9.17) is 0 Å². The van der Waals surface area contributed by atoms with Gasteiger partial charge >= 0.3 is 0 Å². The second-order valence-electron chi connectivity index (χ2n) is 4.76. The van der Waals surface area contributed by atoms with Gasteiger partial charge in [0.1, 0.15) is 4.90 Å². The molecule has 0 atom stereocenters. The molecule has 0 aliphatic heterocycles. The molecule has 114 valence electrons. The monoisotopic (exact) mass is 301 g/mol. The molecule has 20 heavy (non-hydrogen) atoms. The molecule has 0 fully saturated rings. The summed E-state index contributed by atoms with van der Waals surface area (Å²) in [6.07, 6.45) is 3.45. The van der Waals surface area contributed by atoms with Crippen LogP contribution in [0.15, 0.2) is 17.3 Å². The van der Waals surface area contributed by atoms with Gasteiger partial charge in [-0.15, -0.1) is 0 Å². The van der Waals surface area contributed by atoms with Crippen LogP contribution in [0.5, 0.6) is 0 Å². The Balaban J connectivity index is 2.71. The number of hydrogen-bond acceptors (Lipinski definition) is 6. The molecule has 1 N–H and O–H groups in total. The number of rotatable bonds is 8. The standard InChI is InChI=1S/C12H23N5O2S/c1-5-13-12-14-9-11(10-15-12)20(18,19)17(4)8-6-7-16(2)3/h9-10H,5-8H2,1-4H3,(H,13,14,15). The van der Waals surface area contributed by atoms with Gasteiger partial charge < -0.3 is 10.2 Å². The SMILES string of the molecule is CCNc1ncc(S(=O)(=O)N(C)CCCN(C)C)cn1. The van der Waals surface area contributed by atoms with E-state index in [1.54, 1.807) is 7.05 Å². The fourth-order valence-corrected chi connectivity index (χ4v) is 2.71. The van der Waals surface area contributed by atoms with Crippen LogP contribution in [-0.2, 0) is 10.0 Å². The predicted octanol–water partition coefficient (Wildman–Crippen LogP) is 0.481. The van der Waals surface area contributed by atoms with E-state index >= 15 is 0 Å². The molecule has 1 aromatic rings. The van der Waals surface area contributed by atoms with Crippen LogP contribution in [0.1, 0.15) is 13.3 Å². The third-order valence-corrected chi connectivity index (χ3v) is 4.56. The van der Waals surface area contributed by atoms with Crippen molar-refractivity contribution >= 4 is 16.0 Å². The number of nitrogens with one attached hydrogen (secondary N) is 1. The number of anilines is 1. The van der Waals surface area contributed by atoms with Crippen molar-refractivity contribution in [3.8, 4) is 0 Å². The minimum Gasteiger partial charge on any atom is -0.355 e. The molecule has 1 aromatic heterocycles. The molecule has 0 aliphatic rings. The molecular formula is C12H23N5O2S. The van der Waals surface area contributed by atoms with Crippen molar-refractivity contribution in [1.29, 1.82) is 0 Å². The van der Waals surface area contributed by atoms with Crippen LogP contribution in [0.3, 0.4) is 0 Å². The van der Waals surface area contributed by atoms with E-state index in [0.717, 1.165) is 13.0 Å². The van der Waals surface area contributed by atoms with Gasteiger partial charge in [0.05, 0.1) is 12.4 Å². The van der Waals surface area contributed by atoms with E-state index in [-0.39, 0.29) is 4.90 Å². The average Bonchev–Trinajstić information content (AvgIpc) is 2.39. The minimum atomic E-state index is -3.51. The lowest BCUT2D eigenvalue weighted by Crippen LogP contribution is -2.30. The zero-order valence-corrected chi connectivity index (χ0v) is 13.3. The molecule has 0 saturated heterocycles. The summed E-state index contributed by atoms with van der Waals surface area (Å²) in [6, 6.07) is 0. The normalized spacial score (nSPS) is 12.1. The molecular weight excluding hydrogens is 278 g/mol. The van der Waals surface area contributed by atoms with Crippen molar-refractivity contribution in [2.24, 2.45) is 0 Å². The van der Waals surface area contributed by atoms with Gasteiger partial charge in [0.2, 0.25) is 16.0 Å². The second-order valence-corrected chi connectivity index (χ2v) is 6.80.